The summed E-state index contributed by atoms with van der Waals surface area (Å²) in [5, 5.41) is 22.6. The number of fused-ring (bicyclic) bond motifs is 1. The lowest BCUT2D eigenvalue weighted by molar-refractivity contribution is -0.384. The molecule has 0 unspecified atom stereocenters. The first-order chi connectivity index (χ1) is 9.66. The lowest BCUT2D eigenvalue weighted by Gasteiger charge is -2.07. The first-order valence-electron chi connectivity index (χ1n) is 6.12. The summed E-state index contributed by atoms with van der Waals surface area (Å²) in [4.78, 5) is 10.7. The molecular formula is C16H11NO3. The van der Waals surface area contributed by atoms with Gasteiger partial charge in [-0.3, -0.25) is 10.1 Å². The third kappa shape index (κ3) is 1.97. The van der Waals surface area contributed by atoms with E-state index in [0.29, 0.717) is 5.56 Å². The molecule has 98 valence electrons. The van der Waals surface area contributed by atoms with Gasteiger partial charge in [0.2, 0.25) is 0 Å². The van der Waals surface area contributed by atoms with Crippen molar-refractivity contribution in [2.45, 2.75) is 0 Å². The van der Waals surface area contributed by atoms with E-state index in [1.54, 1.807) is 6.07 Å². The first kappa shape index (κ1) is 12.2. The van der Waals surface area contributed by atoms with E-state index >= 15 is 0 Å². The normalized spacial score (nSPS) is 10.6. The maximum absolute atomic E-state index is 11.2. The van der Waals surface area contributed by atoms with Crippen LogP contribution in [0.15, 0.2) is 60.7 Å². The lowest BCUT2D eigenvalue weighted by Crippen LogP contribution is -1.92. The molecule has 3 aromatic carbocycles. The van der Waals surface area contributed by atoms with E-state index in [1.165, 1.54) is 12.1 Å². The second-order valence-electron chi connectivity index (χ2n) is 4.49. The molecule has 0 aromatic heterocycles. The van der Waals surface area contributed by atoms with Crippen LogP contribution in [0.4, 0.5) is 5.69 Å². The topological polar surface area (TPSA) is 63.4 Å². The summed E-state index contributed by atoms with van der Waals surface area (Å²) in [5.74, 6) is -0.110. The highest BCUT2D eigenvalue weighted by Crippen LogP contribution is 2.36. The molecule has 0 spiro atoms. The Morgan fingerprint density at radius 1 is 0.900 bits per heavy atom. The zero-order valence-electron chi connectivity index (χ0n) is 10.5. The Labute approximate surface area is 115 Å². The molecule has 0 bridgehead atoms. The first-order valence-corrected chi connectivity index (χ1v) is 6.12. The van der Waals surface area contributed by atoms with Crippen molar-refractivity contribution in [1.29, 1.82) is 0 Å². The molecule has 0 aliphatic carbocycles. The van der Waals surface area contributed by atoms with Gasteiger partial charge in [-0.15, -0.1) is 0 Å². The van der Waals surface area contributed by atoms with Crippen LogP contribution in [0.1, 0.15) is 0 Å². The zero-order valence-corrected chi connectivity index (χ0v) is 10.5. The standard InChI is InChI=1S/C16H11NO3/c18-12-8-9-15(16(10-12)17(19)20)14-7-3-5-11-4-1-2-6-13(11)14/h1-10,18H. The van der Waals surface area contributed by atoms with Crippen LogP contribution in [0.2, 0.25) is 0 Å². The van der Waals surface area contributed by atoms with E-state index < -0.39 is 4.92 Å². The van der Waals surface area contributed by atoms with Crippen molar-refractivity contribution in [3.05, 3.63) is 70.8 Å². The van der Waals surface area contributed by atoms with Gasteiger partial charge in [0.25, 0.3) is 5.69 Å². The Morgan fingerprint density at radius 3 is 2.45 bits per heavy atom. The summed E-state index contributed by atoms with van der Waals surface area (Å²) >= 11 is 0. The number of benzene rings is 3. The molecule has 0 radical (unpaired) electrons. The summed E-state index contributed by atoms with van der Waals surface area (Å²) < 4.78 is 0. The van der Waals surface area contributed by atoms with Gasteiger partial charge in [0.05, 0.1) is 16.6 Å². The molecule has 3 aromatic rings. The lowest BCUT2D eigenvalue weighted by atomic mass is 9.97. The van der Waals surface area contributed by atoms with Crippen molar-refractivity contribution in [2.24, 2.45) is 0 Å². The molecule has 4 heteroatoms. The van der Waals surface area contributed by atoms with E-state index in [2.05, 4.69) is 0 Å². The molecule has 0 aliphatic heterocycles. The fourth-order valence-electron chi connectivity index (χ4n) is 2.36. The summed E-state index contributed by atoms with van der Waals surface area (Å²) in [6, 6.07) is 17.6. The number of aromatic hydroxyl groups is 1. The number of rotatable bonds is 2. The van der Waals surface area contributed by atoms with Crippen molar-refractivity contribution in [3.8, 4) is 16.9 Å². The summed E-state index contributed by atoms with van der Waals surface area (Å²) in [6.45, 7) is 0. The predicted molar refractivity (Wildman–Crippen MR) is 77.7 cm³/mol. The molecule has 0 heterocycles. The second-order valence-corrected chi connectivity index (χ2v) is 4.49. The number of phenols is 1. The largest absolute Gasteiger partial charge is 0.508 e. The second kappa shape index (κ2) is 4.66. The fourth-order valence-corrected chi connectivity index (χ4v) is 2.36. The maximum atomic E-state index is 11.2. The van der Waals surface area contributed by atoms with E-state index in [0.717, 1.165) is 16.3 Å². The van der Waals surface area contributed by atoms with Gasteiger partial charge in [-0.2, -0.15) is 0 Å². The minimum atomic E-state index is -0.475. The fraction of sp³-hybridized carbons (Fsp3) is 0. The van der Waals surface area contributed by atoms with Gasteiger partial charge < -0.3 is 5.11 Å². The highest BCUT2D eigenvalue weighted by Gasteiger charge is 2.17. The molecule has 20 heavy (non-hydrogen) atoms. The Kier molecular flexibility index (Phi) is 2.84. The average molecular weight is 265 g/mol. The number of nitrogens with zero attached hydrogens (tertiary/aromatic N) is 1. The number of phenolic OH excluding ortho intramolecular Hbond substituents is 1. The van der Waals surface area contributed by atoms with Crippen LogP contribution in [-0.2, 0) is 0 Å². The Hall–Kier alpha value is -2.88. The van der Waals surface area contributed by atoms with E-state index in [4.69, 9.17) is 0 Å². The van der Waals surface area contributed by atoms with Gasteiger partial charge >= 0.3 is 0 Å². The third-order valence-corrected chi connectivity index (χ3v) is 3.26. The minimum Gasteiger partial charge on any atom is -0.508 e. The van der Waals surface area contributed by atoms with Crippen LogP contribution in [0, 0.1) is 10.1 Å². The third-order valence-electron chi connectivity index (χ3n) is 3.26. The van der Waals surface area contributed by atoms with E-state index in [9.17, 15) is 15.2 Å². The SMILES string of the molecule is O=[N+]([O-])c1cc(O)ccc1-c1cccc2ccccc12. The minimum absolute atomic E-state index is 0.0960. The molecule has 0 fully saturated rings. The maximum Gasteiger partial charge on any atom is 0.280 e. The highest BCUT2D eigenvalue weighted by atomic mass is 16.6. The Bertz CT molecular complexity index is 806. The van der Waals surface area contributed by atoms with Gasteiger partial charge in [-0.25, -0.2) is 0 Å². The average Bonchev–Trinajstić information content (AvgIpc) is 2.46. The summed E-state index contributed by atoms with van der Waals surface area (Å²) in [6.07, 6.45) is 0. The van der Waals surface area contributed by atoms with Crippen LogP contribution < -0.4 is 0 Å². The summed E-state index contributed by atoms with van der Waals surface area (Å²) in [7, 11) is 0. The number of nitro groups is 1. The van der Waals surface area contributed by atoms with Crippen LogP contribution in [0.25, 0.3) is 21.9 Å². The van der Waals surface area contributed by atoms with Crippen LogP contribution in [0.5, 0.6) is 5.75 Å². The van der Waals surface area contributed by atoms with Crippen molar-refractivity contribution < 1.29 is 10.0 Å². The molecule has 1 N–H and O–H groups in total. The van der Waals surface area contributed by atoms with Crippen molar-refractivity contribution in [3.63, 3.8) is 0 Å². The summed E-state index contributed by atoms with van der Waals surface area (Å²) in [5.41, 5.74) is 1.20. The number of nitro benzene ring substituents is 1. The highest BCUT2D eigenvalue weighted by molar-refractivity contribution is 5.98. The van der Waals surface area contributed by atoms with Crippen molar-refractivity contribution >= 4 is 16.5 Å². The van der Waals surface area contributed by atoms with Gasteiger partial charge in [0.1, 0.15) is 5.75 Å². The quantitative estimate of drug-likeness (QED) is 0.560. The van der Waals surface area contributed by atoms with Gasteiger partial charge in [-0.05, 0) is 28.5 Å². The van der Waals surface area contributed by atoms with Gasteiger partial charge in [-0.1, -0.05) is 42.5 Å². The van der Waals surface area contributed by atoms with Gasteiger partial charge in [0.15, 0.2) is 0 Å². The molecule has 4 nitrogen and oxygen atoms in total. The smallest absolute Gasteiger partial charge is 0.280 e. The molecule has 0 aliphatic rings. The number of hydrogen-bond donors (Lipinski definition) is 1. The molecule has 0 amide bonds. The van der Waals surface area contributed by atoms with E-state index in [-0.39, 0.29) is 11.4 Å². The van der Waals surface area contributed by atoms with E-state index in [1.807, 2.05) is 42.5 Å². The molecular weight excluding hydrogens is 254 g/mol. The van der Waals surface area contributed by atoms with Gasteiger partial charge in [0, 0.05) is 0 Å². The Morgan fingerprint density at radius 2 is 1.65 bits per heavy atom. The van der Waals surface area contributed by atoms with Crippen LogP contribution in [0.3, 0.4) is 0 Å². The molecule has 0 atom stereocenters. The molecule has 3 rings (SSSR count). The van der Waals surface area contributed by atoms with Crippen molar-refractivity contribution in [2.75, 3.05) is 0 Å². The molecule has 0 saturated carbocycles. The van der Waals surface area contributed by atoms with Crippen molar-refractivity contribution in [1.82, 2.24) is 0 Å². The zero-order chi connectivity index (χ0) is 14.1. The van der Waals surface area contributed by atoms with Crippen LogP contribution >= 0.6 is 0 Å². The molecule has 0 saturated heterocycles. The monoisotopic (exact) mass is 265 g/mol. The van der Waals surface area contributed by atoms with Crippen LogP contribution in [-0.4, -0.2) is 10.0 Å². The predicted octanol–water partition coefficient (Wildman–Crippen LogP) is 4.12. The Balaban J connectivity index is 2.34. The number of hydrogen-bond acceptors (Lipinski definition) is 3.